The fourth-order valence-corrected chi connectivity index (χ4v) is 4.96. The Kier molecular flexibility index (Phi) is 13.1. The minimum atomic E-state index is -1.18. The molecule has 0 saturated heterocycles. The molecule has 12 heteroatoms. The van der Waals surface area contributed by atoms with Gasteiger partial charge in [-0.15, -0.1) is 0 Å². The second-order valence-corrected chi connectivity index (χ2v) is 10.1. The van der Waals surface area contributed by atoms with E-state index in [1.807, 2.05) is 12.1 Å². The standard InChI is InChI=1S/C24H28N2O8S2/c27-21(28)19(25-23(31)33-15-17-7-3-1-4-8-17)11-13-35-36-14-12-20(22(29)30)26-24(32)34-16-18-9-5-2-6-10-18/h1-10,19-20H,11-16H2,(H,25,31)(H,26,32)(H,27,28)(H,29,30)/t19-,20?/m0/s1. The van der Waals surface area contributed by atoms with Gasteiger partial charge in [0.15, 0.2) is 0 Å². The number of carboxylic acid groups (broad SMARTS) is 2. The van der Waals surface area contributed by atoms with Crippen LogP contribution in [-0.4, -0.2) is 57.9 Å². The summed E-state index contributed by atoms with van der Waals surface area (Å²) in [6.07, 6.45) is -1.34. The number of amides is 2. The van der Waals surface area contributed by atoms with E-state index in [-0.39, 0.29) is 26.1 Å². The predicted octanol–water partition coefficient (Wildman–Crippen LogP) is 3.91. The molecule has 2 amide bonds. The lowest BCUT2D eigenvalue weighted by atomic mass is 10.2. The van der Waals surface area contributed by atoms with Gasteiger partial charge in [-0.1, -0.05) is 82.3 Å². The first kappa shape index (κ1) is 28.9. The molecule has 10 nitrogen and oxygen atoms in total. The van der Waals surface area contributed by atoms with E-state index in [2.05, 4.69) is 10.6 Å². The van der Waals surface area contributed by atoms with Crippen molar-refractivity contribution >= 4 is 45.7 Å². The smallest absolute Gasteiger partial charge is 0.408 e. The average Bonchev–Trinajstić information content (AvgIpc) is 2.87. The molecule has 0 spiro atoms. The number of benzene rings is 2. The van der Waals surface area contributed by atoms with Crippen LogP contribution in [0, 0.1) is 0 Å². The minimum Gasteiger partial charge on any atom is -0.480 e. The first-order chi connectivity index (χ1) is 17.3. The van der Waals surface area contributed by atoms with Crippen LogP contribution in [0.3, 0.4) is 0 Å². The van der Waals surface area contributed by atoms with Crippen LogP contribution in [0.1, 0.15) is 24.0 Å². The number of carbonyl (C=O) groups is 4. The van der Waals surface area contributed by atoms with Crippen molar-refractivity contribution in [1.29, 1.82) is 0 Å². The predicted molar refractivity (Wildman–Crippen MR) is 137 cm³/mol. The monoisotopic (exact) mass is 536 g/mol. The van der Waals surface area contributed by atoms with E-state index >= 15 is 0 Å². The molecule has 2 aromatic rings. The molecule has 0 aliphatic rings. The van der Waals surface area contributed by atoms with Crippen LogP contribution < -0.4 is 10.6 Å². The Bertz CT molecular complexity index is 899. The average molecular weight is 537 g/mol. The van der Waals surface area contributed by atoms with Crippen molar-refractivity contribution in [2.45, 2.75) is 38.1 Å². The maximum Gasteiger partial charge on any atom is 0.408 e. The molecule has 2 rings (SSSR count). The van der Waals surface area contributed by atoms with Crippen LogP contribution in [0.2, 0.25) is 0 Å². The molecule has 0 aliphatic heterocycles. The SMILES string of the molecule is O=C(NC(CCSSCC[C@H](NC(=O)OCc1ccccc1)C(=O)O)C(=O)O)OCc1ccccc1. The lowest BCUT2D eigenvalue weighted by Gasteiger charge is -2.15. The number of rotatable bonds is 15. The van der Waals surface area contributed by atoms with Gasteiger partial charge in [-0.3, -0.25) is 0 Å². The molecule has 2 atom stereocenters. The first-order valence-electron chi connectivity index (χ1n) is 11.0. The first-order valence-corrected chi connectivity index (χ1v) is 13.5. The van der Waals surface area contributed by atoms with Crippen molar-refractivity contribution in [2.75, 3.05) is 11.5 Å². The molecule has 0 aromatic heterocycles. The zero-order valence-corrected chi connectivity index (χ0v) is 21.0. The summed E-state index contributed by atoms with van der Waals surface area (Å²) < 4.78 is 10.1. The number of aliphatic carboxylic acids is 2. The van der Waals surface area contributed by atoms with Gasteiger partial charge in [0.2, 0.25) is 0 Å². The van der Waals surface area contributed by atoms with Gasteiger partial charge in [-0.05, 0) is 24.0 Å². The molecule has 1 unspecified atom stereocenters. The van der Waals surface area contributed by atoms with Gasteiger partial charge < -0.3 is 30.3 Å². The summed E-state index contributed by atoms with van der Waals surface area (Å²) in [6.45, 7) is 0.0599. The highest BCUT2D eigenvalue weighted by Crippen LogP contribution is 2.24. The van der Waals surface area contributed by atoms with Crippen molar-refractivity contribution in [3.05, 3.63) is 71.8 Å². The van der Waals surface area contributed by atoms with Crippen molar-refractivity contribution in [1.82, 2.24) is 10.6 Å². The Balaban J connectivity index is 1.62. The van der Waals surface area contributed by atoms with Crippen molar-refractivity contribution in [3.63, 3.8) is 0 Å². The summed E-state index contributed by atoms with van der Waals surface area (Å²) in [6, 6.07) is 15.8. The van der Waals surface area contributed by atoms with Crippen molar-refractivity contribution in [2.24, 2.45) is 0 Å². The van der Waals surface area contributed by atoms with E-state index in [9.17, 15) is 29.4 Å². The Morgan fingerprint density at radius 2 is 1.03 bits per heavy atom. The highest BCUT2D eigenvalue weighted by Gasteiger charge is 2.22. The molecule has 0 saturated carbocycles. The van der Waals surface area contributed by atoms with Gasteiger partial charge in [0.25, 0.3) is 0 Å². The Labute approximate surface area is 216 Å². The Morgan fingerprint density at radius 1 is 0.667 bits per heavy atom. The van der Waals surface area contributed by atoms with Crippen molar-refractivity contribution in [3.8, 4) is 0 Å². The normalized spacial score (nSPS) is 12.1. The summed E-state index contributed by atoms with van der Waals surface area (Å²) in [5.74, 6) is -1.57. The summed E-state index contributed by atoms with van der Waals surface area (Å²) >= 11 is 0. The summed E-state index contributed by atoms with van der Waals surface area (Å²) in [7, 11) is 2.68. The maximum atomic E-state index is 11.9. The molecular formula is C24H28N2O8S2. The molecule has 0 aliphatic carbocycles. The van der Waals surface area contributed by atoms with Crippen LogP contribution in [-0.2, 0) is 32.3 Å². The van der Waals surface area contributed by atoms with Crippen LogP contribution in [0.4, 0.5) is 9.59 Å². The molecule has 36 heavy (non-hydrogen) atoms. The van der Waals surface area contributed by atoms with Gasteiger partial charge in [-0.2, -0.15) is 0 Å². The van der Waals surface area contributed by atoms with Gasteiger partial charge in [0.1, 0.15) is 25.3 Å². The third kappa shape index (κ3) is 11.8. The number of hydrogen-bond donors (Lipinski definition) is 4. The van der Waals surface area contributed by atoms with Crippen molar-refractivity contribution < 1.29 is 38.9 Å². The molecule has 0 fully saturated rings. The third-order valence-corrected chi connectivity index (χ3v) is 7.14. The lowest BCUT2D eigenvalue weighted by molar-refractivity contribution is -0.140. The quantitative estimate of drug-likeness (QED) is 0.195. The van der Waals surface area contributed by atoms with Gasteiger partial charge in [0, 0.05) is 11.5 Å². The Morgan fingerprint density at radius 3 is 1.36 bits per heavy atom. The largest absolute Gasteiger partial charge is 0.480 e. The third-order valence-electron chi connectivity index (χ3n) is 4.67. The van der Waals surface area contributed by atoms with E-state index < -0.39 is 36.2 Å². The van der Waals surface area contributed by atoms with E-state index in [0.29, 0.717) is 11.5 Å². The molecule has 0 radical (unpaired) electrons. The van der Waals surface area contributed by atoms with Gasteiger partial charge in [0.05, 0.1) is 0 Å². The zero-order chi connectivity index (χ0) is 26.2. The summed E-state index contributed by atoms with van der Waals surface area (Å²) in [5.41, 5.74) is 1.56. The number of nitrogens with one attached hydrogen (secondary N) is 2. The zero-order valence-electron chi connectivity index (χ0n) is 19.3. The van der Waals surface area contributed by atoms with Gasteiger partial charge in [-0.25, -0.2) is 19.2 Å². The fourth-order valence-electron chi connectivity index (χ4n) is 2.78. The van der Waals surface area contributed by atoms with E-state index in [1.165, 1.54) is 21.6 Å². The number of carboxylic acids is 2. The van der Waals surface area contributed by atoms with Crippen LogP contribution in [0.25, 0.3) is 0 Å². The number of ether oxygens (including phenoxy) is 2. The lowest BCUT2D eigenvalue weighted by Crippen LogP contribution is -2.41. The molecule has 0 bridgehead atoms. The number of alkyl carbamates (subject to hydrolysis) is 2. The summed E-state index contributed by atoms with van der Waals surface area (Å²) in [5, 5.41) is 23.3. The van der Waals surface area contributed by atoms with E-state index in [0.717, 1.165) is 11.1 Å². The fraction of sp³-hybridized carbons (Fsp3) is 0.333. The highest BCUT2D eigenvalue weighted by molar-refractivity contribution is 8.76. The molecule has 0 heterocycles. The molecule has 2 aromatic carbocycles. The number of hydrogen-bond acceptors (Lipinski definition) is 8. The van der Waals surface area contributed by atoms with Crippen LogP contribution in [0.5, 0.6) is 0 Å². The molecule has 4 N–H and O–H groups in total. The van der Waals surface area contributed by atoms with E-state index in [1.54, 1.807) is 48.5 Å². The minimum absolute atomic E-state index is 0.0300. The van der Waals surface area contributed by atoms with Gasteiger partial charge >= 0.3 is 24.1 Å². The second-order valence-electron chi connectivity index (χ2n) is 7.42. The summed E-state index contributed by atoms with van der Waals surface area (Å²) in [4.78, 5) is 46.7. The maximum absolute atomic E-state index is 11.9. The Hall–Kier alpha value is -3.38. The van der Waals surface area contributed by atoms with E-state index in [4.69, 9.17) is 9.47 Å². The number of carbonyl (C=O) groups excluding carboxylic acids is 2. The van der Waals surface area contributed by atoms with Crippen LogP contribution in [0.15, 0.2) is 60.7 Å². The van der Waals surface area contributed by atoms with Crippen LogP contribution >= 0.6 is 21.6 Å². The topological polar surface area (TPSA) is 151 Å². The highest BCUT2D eigenvalue weighted by atomic mass is 33.1. The molecular weight excluding hydrogens is 508 g/mol. The second kappa shape index (κ2) is 16.3. The molecule has 194 valence electrons.